The van der Waals surface area contributed by atoms with Crippen molar-refractivity contribution < 1.29 is 0 Å². The minimum atomic E-state index is 0.254. The molecule has 3 atom stereocenters. The molecule has 1 aromatic carbocycles. The van der Waals surface area contributed by atoms with Crippen LogP contribution in [-0.2, 0) is 0 Å². The van der Waals surface area contributed by atoms with Crippen molar-refractivity contribution in [3.63, 3.8) is 0 Å². The zero-order valence-electron chi connectivity index (χ0n) is 10.6. The SMILES string of the molecule is CC1CCC(NC(CN)c2ccc(Br)c(Br)c2)C1. The summed E-state index contributed by atoms with van der Waals surface area (Å²) in [6, 6.07) is 7.23. The van der Waals surface area contributed by atoms with E-state index in [2.05, 4.69) is 62.3 Å². The van der Waals surface area contributed by atoms with Gasteiger partial charge in [0.05, 0.1) is 0 Å². The van der Waals surface area contributed by atoms with Crippen LogP contribution in [0.15, 0.2) is 27.1 Å². The van der Waals surface area contributed by atoms with Crippen molar-refractivity contribution in [2.24, 2.45) is 11.7 Å². The molecule has 1 aliphatic rings. The average molecular weight is 376 g/mol. The second kappa shape index (κ2) is 6.51. The van der Waals surface area contributed by atoms with E-state index in [1.54, 1.807) is 0 Å². The minimum Gasteiger partial charge on any atom is -0.329 e. The van der Waals surface area contributed by atoms with E-state index < -0.39 is 0 Å². The Morgan fingerprint density at radius 2 is 2.11 bits per heavy atom. The van der Waals surface area contributed by atoms with Gasteiger partial charge in [-0.2, -0.15) is 0 Å². The number of nitrogens with two attached hydrogens (primary N) is 1. The number of rotatable bonds is 4. The molecule has 0 spiro atoms. The molecule has 3 unspecified atom stereocenters. The third kappa shape index (κ3) is 3.56. The molecule has 1 aliphatic carbocycles. The van der Waals surface area contributed by atoms with Gasteiger partial charge in [0.25, 0.3) is 0 Å². The van der Waals surface area contributed by atoms with Crippen molar-refractivity contribution in [2.75, 3.05) is 6.54 Å². The van der Waals surface area contributed by atoms with Crippen LogP contribution in [0.3, 0.4) is 0 Å². The molecule has 2 nitrogen and oxygen atoms in total. The zero-order valence-corrected chi connectivity index (χ0v) is 13.8. The van der Waals surface area contributed by atoms with E-state index in [1.807, 2.05) is 0 Å². The quantitative estimate of drug-likeness (QED) is 0.834. The zero-order chi connectivity index (χ0) is 13.1. The Labute approximate surface area is 126 Å². The van der Waals surface area contributed by atoms with E-state index in [0.29, 0.717) is 12.6 Å². The summed E-state index contributed by atoms with van der Waals surface area (Å²) in [5, 5.41) is 3.70. The van der Waals surface area contributed by atoms with E-state index in [-0.39, 0.29) is 6.04 Å². The van der Waals surface area contributed by atoms with E-state index >= 15 is 0 Å². The van der Waals surface area contributed by atoms with Crippen molar-refractivity contribution in [2.45, 2.75) is 38.3 Å². The maximum absolute atomic E-state index is 5.92. The van der Waals surface area contributed by atoms with Gasteiger partial charge in [-0.05, 0) is 74.7 Å². The number of benzene rings is 1. The van der Waals surface area contributed by atoms with Gasteiger partial charge in [0.2, 0.25) is 0 Å². The first-order valence-corrected chi connectivity index (χ1v) is 8.09. The van der Waals surface area contributed by atoms with Gasteiger partial charge < -0.3 is 11.1 Å². The van der Waals surface area contributed by atoms with Crippen LogP contribution in [0.25, 0.3) is 0 Å². The first kappa shape index (κ1) is 14.5. The predicted octanol–water partition coefficient (Wildman–Crippen LogP) is 3.99. The van der Waals surface area contributed by atoms with Crippen LogP contribution >= 0.6 is 31.9 Å². The van der Waals surface area contributed by atoms with Crippen LogP contribution < -0.4 is 11.1 Å². The normalized spacial score (nSPS) is 25.3. The van der Waals surface area contributed by atoms with Crippen LogP contribution in [0.1, 0.15) is 37.8 Å². The Hall–Kier alpha value is 0.1000. The molecule has 3 N–H and O–H groups in total. The van der Waals surface area contributed by atoms with Crippen LogP contribution in [0.4, 0.5) is 0 Å². The van der Waals surface area contributed by atoms with Crippen LogP contribution in [0, 0.1) is 5.92 Å². The number of halogens is 2. The summed E-state index contributed by atoms with van der Waals surface area (Å²) < 4.78 is 2.16. The molecule has 0 saturated heterocycles. The highest BCUT2D eigenvalue weighted by molar-refractivity contribution is 9.13. The van der Waals surface area contributed by atoms with Crippen molar-refractivity contribution in [3.05, 3.63) is 32.7 Å². The Morgan fingerprint density at radius 1 is 1.33 bits per heavy atom. The Kier molecular flexibility index (Phi) is 5.24. The van der Waals surface area contributed by atoms with Crippen LogP contribution in [0.5, 0.6) is 0 Å². The van der Waals surface area contributed by atoms with Gasteiger partial charge in [0, 0.05) is 27.6 Å². The molecule has 4 heteroatoms. The molecule has 18 heavy (non-hydrogen) atoms. The predicted molar refractivity (Wildman–Crippen MR) is 83.6 cm³/mol. The monoisotopic (exact) mass is 374 g/mol. The highest BCUT2D eigenvalue weighted by Gasteiger charge is 2.23. The summed E-state index contributed by atoms with van der Waals surface area (Å²) in [6.45, 7) is 2.97. The Morgan fingerprint density at radius 3 is 2.67 bits per heavy atom. The van der Waals surface area contributed by atoms with Crippen molar-refractivity contribution in [3.8, 4) is 0 Å². The van der Waals surface area contributed by atoms with Gasteiger partial charge in [-0.15, -0.1) is 0 Å². The highest BCUT2D eigenvalue weighted by Crippen LogP contribution is 2.29. The first-order valence-electron chi connectivity index (χ1n) is 6.51. The third-order valence-electron chi connectivity index (χ3n) is 3.71. The average Bonchev–Trinajstić information content (AvgIpc) is 2.75. The molecule has 0 bridgehead atoms. The van der Waals surface area contributed by atoms with Crippen LogP contribution in [-0.4, -0.2) is 12.6 Å². The van der Waals surface area contributed by atoms with Crippen molar-refractivity contribution >= 4 is 31.9 Å². The van der Waals surface area contributed by atoms with Gasteiger partial charge in [0.15, 0.2) is 0 Å². The summed E-state index contributed by atoms with van der Waals surface area (Å²) in [4.78, 5) is 0. The van der Waals surface area contributed by atoms with E-state index in [0.717, 1.165) is 14.9 Å². The van der Waals surface area contributed by atoms with Gasteiger partial charge in [-0.25, -0.2) is 0 Å². The van der Waals surface area contributed by atoms with Gasteiger partial charge in [-0.3, -0.25) is 0 Å². The van der Waals surface area contributed by atoms with Gasteiger partial charge in [0.1, 0.15) is 0 Å². The topological polar surface area (TPSA) is 38.0 Å². The molecular formula is C14H20Br2N2. The lowest BCUT2D eigenvalue weighted by Crippen LogP contribution is -2.35. The Balaban J connectivity index is 2.05. The molecule has 1 saturated carbocycles. The van der Waals surface area contributed by atoms with E-state index in [1.165, 1.54) is 24.8 Å². The van der Waals surface area contributed by atoms with Gasteiger partial charge in [-0.1, -0.05) is 13.0 Å². The van der Waals surface area contributed by atoms with E-state index in [4.69, 9.17) is 5.73 Å². The summed E-state index contributed by atoms with van der Waals surface area (Å²) in [6.07, 6.45) is 3.88. The van der Waals surface area contributed by atoms with Crippen molar-refractivity contribution in [1.29, 1.82) is 0 Å². The second-order valence-corrected chi connectivity index (χ2v) is 6.95. The molecule has 0 aromatic heterocycles. The number of hydrogen-bond donors (Lipinski definition) is 2. The molecule has 0 heterocycles. The molecule has 1 fully saturated rings. The maximum atomic E-state index is 5.92. The molecule has 0 radical (unpaired) electrons. The second-order valence-electron chi connectivity index (χ2n) is 5.24. The maximum Gasteiger partial charge on any atom is 0.0447 e. The van der Waals surface area contributed by atoms with Crippen LogP contribution in [0.2, 0.25) is 0 Å². The summed E-state index contributed by atoms with van der Waals surface area (Å²) in [5.74, 6) is 0.845. The summed E-state index contributed by atoms with van der Waals surface area (Å²) >= 11 is 7.05. The third-order valence-corrected chi connectivity index (χ3v) is 5.59. The van der Waals surface area contributed by atoms with Gasteiger partial charge >= 0.3 is 0 Å². The lowest BCUT2D eigenvalue weighted by atomic mass is 10.1. The molecule has 0 aliphatic heterocycles. The molecule has 1 aromatic rings. The largest absolute Gasteiger partial charge is 0.329 e. The fourth-order valence-electron chi connectivity index (χ4n) is 2.67. The summed E-state index contributed by atoms with van der Waals surface area (Å²) in [5.41, 5.74) is 7.17. The van der Waals surface area contributed by atoms with Crippen molar-refractivity contribution in [1.82, 2.24) is 5.32 Å². The minimum absolute atomic E-state index is 0.254. The lowest BCUT2D eigenvalue weighted by molar-refractivity contribution is 0.434. The molecule has 2 rings (SSSR count). The Bertz CT molecular complexity index is 409. The fourth-order valence-corrected chi connectivity index (χ4v) is 3.32. The lowest BCUT2D eigenvalue weighted by Gasteiger charge is -2.22. The number of nitrogens with one attached hydrogen (secondary N) is 1. The fraction of sp³-hybridized carbons (Fsp3) is 0.571. The molecular weight excluding hydrogens is 356 g/mol. The standard InChI is InChI=1S/C14H20Br2N2/c1-9-2-4-11(6-9)18-14(8-17)10-3-5-12(15)13(16)7-10/h3,5,7,9,11,14,18H,2,4,6,8,17H2,1H3. The van der Waals surface area contributed by atoms with E-state index in [9.17, 15) is 0 Å². The summed E-state index contributed by atoms with van der Waals surface area (Å²) in [7, 11) is 0. The molecule has 100 valence electrons. The number of hydrogen-bond acceptors (Lipinski definition) is 2. The highest BCUT2D eigenvalue weighted by atomic mass is 79.9. The smallest absolute Gasteiger partial charge is 0.0447 e. The first-order chi connectivity index (χ1) is 8.60. The molecule has 0 amide bonds.